The molecular formula is C15H16N2O2S. The van der Waals surface area contributed by atoms with Gasteiger partial charge in [-0.05, 0) is 35.6 Å². The lowest BCUT2D eigenvalue weighted by Gasteiger charge is -2.31. The Morgan fingerprint density at radius 2 is 2.25 bits per heavy atom. The maximum absolute atomic E-state index is 11.9. The first kappa shape index (κ1) is 13.0. The van der Waals surface area contributed by atoms with Gasteiger partial charge in [0.25, 0.3) is 0 Å². The van der Waals surface area contributed by atoms with Crippen molar-refractivity contribution in [1.29, 1.82) is 0 Å². The van der Waals surface area contributed by atoms with Gasteiger partial charge < -0.3 is 15.4 Å². The Morgan fingerprint density at radius 3 is 3.05 bits per heavy atom. The fraction of sp³-hybridized carbons (Fsp3) is 0.267. The molecule has 0 radical (unpaired) electrons. The summed E-state index contributed by atoms with van der Waals surface area (Å²) in [6.45, 7) is 1.66. The van der Waals surface area contributed by atoms with Gasteiger partial charge in [0.2, 0.25) is 0 Å². The predicted octanol–water partition coefficient (Wildman–Crippen LogP) is 2.68. The zero-order valence-electron chi connectivity index (χ0n) is 11.3. The molecule has 104 valence electrons. The standard InChI is InChI=1S/C15H16N2O2S/c1-19-15(18)11-3-2-4-12(16)14(11)17-7-5-13-10(9-17)6-8-20-13/h2-4,6,8H,5,7,9,16H2,1H3. The number of fused-ring (bicyclic) bond motifs is 1. The van der Waals surface area contributed by atoms with Gasteiger partial charge in [-0.15, -0.1) is 11.3 Å². The Bertz CT molecular complexity index is 651. The number of ether oxygens (including phenoxy) is 1. The van der Waals surface area contributed by atoms with Crippen molar-refractivity contribution in [2.75, 3.05) is 24.3 Å². The summed E-state index contributed by atoms with van der Waals surface area (Å²) < 4.78 is 4.86. The van der Waals surface area contributed by atoms with E-state index >= 15 is 0 Å². The minimum absolute atomic E-state index is 0.344. The molecule has 1 aromatic carbocycles. The van der Waals surface area contributed by atoms with Gasteiger partial charge >= 0.3 is 5.97 Å². The van der Waals surface area contributed by atoms with E-state index in [1.54, 1.807) is 23.5 Å². The van der Waals surface area contributed by atoms with E-state index in [1.807, 2.05) is 6.07 Å². The van der Waals surface area contributed by atoms with Gasteiger partial charge in [-0.3, -0.25) is 0 Å². The van der Waals surface area contributed by atoms with Gasteiger partial charge in [0.1, 0.15) is 0 Å². The molecule has 0 aliphatic carbocycles. The lowest BCUT2D eigenvalue weighted by atomic mass is 10.1. The summed E-state index contributed by atoms with van der Waals surface area (Å²) in [6, 6.07) is 7.51. The summed E-state index contributed by atoms with van der Waals surface area (Å²) >= 11 is 1.79. The Morgan fingerprint density at radius 1 is 1.40 bits per heavy atom. The summed E-state index contributed by atoms with van der Waals surface area (Å²) in [5.74, 6) is -0.344. The third-order valence-corrected chi connectivity index (χ3v) is 4.62. The average Bonchev–Trinajstić information content (AvgIpc) is 2.93. The Hall–Kier alpha value is -2.01. The van der Waals surface area contributed by atoms with E-state index in [0.29, 0.717) is 11.3 Å². The number of anilines is 2. The Balaban J connectivity index is 2.00. The van der Waals surface area contributed by atoms with Crippen molar-refractivity contribution in [3.8, 4) is 0 Å². The van der Waals surface area contributed by atoms with Gasteiger partial charge in [-0.2, -0.15) is 0 Å². The van der Waals surface area contributed by atoms with Crippen LogP contribution in [0, 0.1) is 0 Å². The second-order valence-electron chi connectivity index (χ2n) is 4.78. The number of carbonyl (C=O) groups excluding carboxylic acids is 1. The Labute approximate surface area is 121 Å². The van der Waals surface area contributed by atoms with Crippen LogP contribution >= 0.6 is 11.3 Å². The molecule has 0 saturated carbocycles. The third-order valence-electron chi connectivity index (χ3n) is 3.60. The molecular weight excluding hydrogens is 272 g/mol. The fourth-order valence-electron chi connectivity index (χ4n) is 2.63. The molecule has 0 spiro atoms. The molecule has 0 bridgehead atoms. The number of para-hydroxylation sites is 1. The lowest BCUT2D eigenvalue weighted by molar-refractivity contribution is 0.0601. The van der Waals surface area contributed by atoms with Crippen LogP contribution in [-0.4, -0.2) is 19.6 Å². The van der Waals surface area contributed by atoms with Crippen molar-refractivity contribution in [3.05, 3.63) is 45.6 Å². The first-order chi connectivity index (χ1) is 9.70. The summed E-state index contributed by atoms with van der Waals surface area (Å²) in [4.78, 5) is 15.5. The molecule has 1 aliphatic rings. The van der Waals surface area contributed by atoms with Gasteiger partial charge in [0.05, 0.1) is 24.0 Å². The maximum atomic E-state index is 11.9. The molecule has 0 atom stereocenters. The fourth-order valence-corrected chi connectivity index (χ4v) is 3.52. The summed E-state index contributed by atoms with van der Waals surface area (Å²) in [5.41, 5.74) is 9.35. The highest BCUT2D eigenvalue weighted by molar-refractivity contribution is 7.10. The highest BCUT2D eigenvalue weighted by atomic mass is 32.1. The second kappa shape index (κ2) is 5.17. The molecule has 2 aromatic rings. The van der Waals surface area contributed by atoms with Crippen LogP contribution in [0.1, 0.15) is 20.8 Å². The lowest BCUT2D eigenvalue weighted by Crippen LogP contribution is -2.31. The van der Waals surface area contributed by atoms with Crippen LogP contribution in [0.2, 0.25) is 0 Å². The molecule has 0 unspecified atom stereocenters. The summed E-state index contributed by atoms with van der Waals surface area (Å²) in [5, 5.41) is 2.11. The van der Waals surface area contributed by atoms with Crippen LogP contribution in [0.3, 0.4) is 0 Å². The molecule has 0 fully saturated rings. The quantitative estimate of drug-likeness (QED) is 0.682. The van der Waals surface area contributed by atoms with E-state index in [-0.39, 0.29) is 5.97 Å². The molecule has 1 aromatic heterocycles. The molecule has 2 N–H and O–H groups in total. The van der Waals surface area contributed by atoms with Gasteiger partial charge in [-0.25, -0.2) is 4.79 Å². The third kappa shape index (κ3) is 2.14. The first-order valence-corrected chi connectivity index (χ1v) is 7.35. The number of carbonyl (C=O) groups is 1. The molecule has 3 rings (SSSR count). The SMILES string of the molecule is COC(=O)c1cccc(N)c1N1CCc2sccc2C1. The summed E-state index contributed by atoms with van der Waals surface area (Å²) in [7, 11) is 1.39. The summed E-state index contributed by atoms with van der Waals surface area (Å²) in [6.07, 6.45) is 0.988. The first-order valence-electron chi connectivity index (χ1n) is 6.47. The topological polar surface area (TPSA) is 55.6 Å². The van der Waals surface area contributed by atoms with Gasteiger partial charge in [0, 0.05) is 18.0 Å². The second-order valence-corrected chi connectivity index (χ2v) is 5.78. The van der Waals surface area contributed by atoms with Crippen LogP contribution in [0.5, 0.6) is 0 Å². The molecule has 1 aliphatic heterocycles. The van der Waals surface area contributed by atoms with Crippen LogP contribution in [0.15, 0.2) is 29.6 Å². The monoisotopic (exact) mass is 288 g/mol. The predicted molar refractivity (Wildman–Crippen MR) is 81.3 cm³/mol. The van der Waals surface area contributed by atoms with Crippen molar-refractivity contribution in [3.63, 3.8) is 0 Å². The smallest absolute Gasteiger partial charge is 0.340 e. The molecule has 2 heterocycles. The van der Waals surface area contributed by atoms with Crippen LogP contribution in [0.4, 0.5) is 11.4 Å². The molecule has 4 nitrogen and oxygen atoms in total. The number of hydrogen-bond donors (Lipinski definition) is 1. The number of nitrogens with zero attached hydrogens (tertiary/aromatic N) is 1. The van der Waals surface area contributed by atoms with Gasteiger partial charge in [0.15, 0.2) is 0 Å². The van der Waals surface area contributed by atoms with E-state index in [9.17, 15) is 4.79 Å². The number of nitrogen functional groups attached to an aromatic ring is 1. The van der Waals surface area contributed by atoms with E-state index < -0.39 is 0 Å². The van der Waals surface area contributed by atoms with Crippen LogP contribution < -0.4 is 10.6 Å². The molecule has 5 heteroatoms. The molecule has 0 amide bonds. The minimum Gasteiger partial charge on any atom is -0.465 e. The number of rotatable bonds is 2. The number of hydrogen-bond acceptors (Lipinski definition) is 5. The number of methoxy groups -OCH3 is 1. The minimum atomic E-state index is -0.344. The number of nitrogens with two attached hydrogens (primary N) is 1. The zero-order valence-corrected chi connectivity index (χ0v) is 12.1. The van der Waals surface area contributed by atoms with E-state index in [4.69, 9.17) is 10.5 Å². The van der Waals surface area contributed by atoms with E-state index in [2.05, 4.69) is 16.3 Å². The molecule has 20 heavy (non-hydrogen) atoms. The van der Waals surface area contributed by atoms with Crippen molar-refractivity contribution in [1.82, 2.24) is 0 Å². The van der Waals surface area contributed by atoms with Crippen molar-refractivity contribution in [2.24, 2.45) is 0 Å². The van der Waals surface area contributed by atoms with E-state index in [0.717, 1.165) is 25.2 Å². The van der Waals surface area contributed by atoms with Crippen molar-refractivity contribution < 1.29 is 9.53 Å². The normalized spacial score (nSPS) is 13.9. The van der Waals surface area contributed by atoms with Gasteiger partial charge in [-0.1, -0.05) is 6.07 Å². The average molecular weight is 288 g/mol. The van der Waals surface area contributed by atoms with Crippen LogP contribution in [0.25, 0.3) is 0 Å². The number of benzene rings is 1. The maximum Gasteiger partial charge on any atom is 0.340 e. The molecule has 0 saturated heterocycles. The Kier molecular flexibility index (Phi) is 3.36. The largest absolute Gasteiger partial charge is 0.465 e. The number of thiophene rings is 1. The van der Waals surface area contributed by atoms with Crippen molar-refractivity contribution >= 4 is 28.7 Å². The number of esters is 1. The zero-order chi connectivity index (χ0) is 14.1. The highest BCUT2D eigenvalue weighted by Crippen LogP contribution is 2.34. The van der Waals surface area contributed by atoms with E-state index in [1.165, 1.54) is 17.6 Å². The highest BCUT2D eigenvalue weighted by Gasteiger charge is 2.24. The van der Waals surface area contributed by atoms with Crippen molar-refractivity contribution in [2.45, 2.75) is 13.0 Å². The van der Waals surface area contributed by atoms with Crippen LogP contribution in [-0.2, 0) is 17.7 Å².